The van der Waals surface area contributed by atoms with E-state index < -0.39 is 18.3 Å². The van der Waals surface area contributed by atoms with E-state index in [-0.39, 0.29) is 6.04 Å². The highest BCUT2D eigenvalue weighted by molar-refractivity contribution is 6.61. The van der Waals surface area contributed by atoms with Crippen molar-refractivity contribution < 1.29 is 14.1 Å². The van der Waals surface area contributed by atoms with Crippen LogP contribution >= 0.6 is 0 Å². The van der Waals surface area contributed by atoms with Gasteiger partial charge in [0.25, 0.3) is 5.95 Å². The summed E-state index contributed by atoms with van der Waals surface area (Å²) in [4.78, 5) is 17.4. The van der Waals surface area contributed by atoms with E-state index in [1.165, 1.54) is 0 Å². The molecule has 2 aliphatic rings. The predicted molar refractivity (Wildman–Crippen MR) is 90.3 cm³/mol. The molecule has 0 radical (unpaired) electrons. The van der Waals surface area contributed by atoms with Crippen molar-refractivity contribution in [1.29, 1.82) is 0 Å². The zero-order valence-corrected chi connectivity index (χ0v) is 14.4. The Hall–Kier alpha value is -1.93. The topological polar surface area (TPSA) is 69.0 Å². The van der Waals surface area contributed by atoms with Crippen LogP contribution in [0.2, 0.25) is 0 Å². The summed E-state index contributed by atoms with van der Waals surface area (Å²) in [5.74, 6) is 0.427. The number of rotatable bonds is 4. The molecule has 0 spiro atoms. The van der Waals surface area contributed by atoms with Crippen molar-refractivity contribution in [2.75, 3.05) is 4.90 Å². The van der Waals surface area contributed by atoms with Gasteiger partial charge in [0.1, 0.15) is 0 Å². The van der Waals surface area contributed by atoms with Gasteiger partial charge in [0.05, 0.1) is 16.8 Å². The number of carbonyl (C=O) groups excluding carboxylic acids is 1. The summed E-state index contributed by atoms with van der Waals surface area (Å²) >= 11 is 0. The molecule has 0 bridgehead atoms. The first-order valence-corrected chi connectivity index (χ1v) is 8.27. The van der Waals surface area contributed by atoms with E-state index in [0.717, 1.165) is 24.8 Å². The molecule has 1 aliphatic heterocycles. The fourth-order valence-electron chi connectivity index (χ4n) is 2.81. The quantitative estimate of drug-likeness (QED) is 0.622. The Kier molecular flexibility index (Phi) is 3.27. The molecule has 7 nitrogen and oxygen atoms in total. The third-order valence-electron chi connectivity index (χ3n) is 5.16. The summed E-state index contributed by atoms with van der Waals surface area (Å²) in [6.45, 7) is 8.06. The van der Waals surface area contributed by atoms with Gasteiger partial charge < -0.3 is 9.31 Å². The largest absolute Gasteiger partial charge is 0.514 e. The van der Waals surface area contributed by atoms with Crippen molar-refractivity contribution >= 4 is 30.7 Å². The average Bonchev–Trinajstić information content (AvgIpc) is 3.19. The summed E-state index contributed by atoms with van der Waals surface area (Å²) in [5, 5.41) is 4.53. The van der Waals surface area contributed by atoms with Crippen LogP contribution in [0.4, 0.5) is 5.95 Å². The molecule has 0 aromatic carbocycles. The highest BCUT2D eigenvalue weighted by Gasteiger charge is 2.52. The van der Waals surface area contributed by atoms with Crippen molar-refractivity contribution in [1.82, 2.24) is 14.6 Å². The summed E-state index contributed by atoms with van der Waals surface area (Å²) in [5.41, 5.74) is 0.592. The molecule has 0 atom stereocenters. The monoisotopic (exact) mass is 328 g/mol. The summed E-state index contributed by atoms with van der Waals surface area (Å²) in [7, 11) is -0.529. The van der Waals surface area contributed by atoms with Crippen LogP contribution in [0.5, 0.6) is 0 Å². The average molecular weight is 328 g/mol. The second-order valence-electron chi connectivity index (χ2n) is 7.46. The van der Waals surface area contributed by atoms with E-state index in [2.05, 4.69) is 10.1 Å². The Labute approximate surface area is 141 Å². The van der Waals surface area contributed by atoms with Gasteiger partial charge in [-0.05, 0) is 52.7 Å². The van der Waals surface area contributed by atoms with E-state index in [1.807, 2.05) is 45.9 Å². The number of hydrogen-bond acceptors (Lipinski definition) is 5. The highest BCUT2D eigenvalue weighted by Crippen LogP contribution is 2.36. The van der Waals surface area contributed by atoms with Crippen molar-refractivity contribution in [3.05, 3.63) is 18.2 Å². The first-order valence-electron chi connectivity index (χ1n) is 8.27. The third-order valence-corrected chi connectivity index (χ3v) is 5.16. The minimum Gasteiger partial charge on any atom is -0.398 e. The maximum Gasteiger partial charge on any atom is 0.514 e. The fourth-order valence-corrected chi connectivity index (χ4v) is 2.81. The molecule has 1 aliphatic carbocycles. The molecule has 8 heteroatoms. The molecule has 1 saturated heterocycles. The minimum atomic E-state index is -0.529. The molecule has 1 saturated carbocycles. The lowest BCUT2D eigenvalue weighted by Crippen LogP contribution is -2.41. The first kappa shape index (κ1) is 15.6. The van der Waals surface area contributed by atoms with E-state index >= 15 is 0 Å². The van der Waals surface area contributed by atoms with Gasteiger partial charge in [0, 0.05) is 6.04 Å². The second kappa shape index (κ2) is 5.03. The van der Waals surface area contributed by atoms with Crippen LogP contribution in [0.25, 0.3) is 5.65 Å². The van der Waals surface area contributed by atoms with Crippen molar-refractivity contribution in [3.8, 4) is 0 Å². The molecule has 4 rings (SSSR count). The summed E-state index contributed by atoms with van der Waals surface area (Å²) in [6.07, 6.45) is 2.80. The van der Waals surface area contributed by atoms with Crippen LogP contribution in [0.15, 0.2) is 18.2 Å². The summed E-state index contributed by atoms with van der Waals surface area (Å²) in [6, 6.07) is 5.90. The second-order valence-corrected chi connectivity index (χ2v) is 7.46. The number of pyridine rings is 1. The number of nitrogens with zero attached hydrogens (tertiary/aromatic N) is 4. The number of anilines is 1. The van der Waals surface area contributed by atoms with E-state index in [9.17, 15) is 4.79 Å². The van der Waals surface area contributed by atoms with Gasteiger partial charge in [-0.2, -0.15) is 4.98 Å². The SMILES string of the molecule is CC1(C)OB(c2cccc3nc(N(C=O)C4CC4)nn23)OC1(C)C. The molecule has 2 aromatic heterocycles. The Morgan fingerprint density at radius 3 is 2.50 bits per heavy atom. The van der Waals surface area contributed by atoms with Gasteiger partial charge in [0.2, 0.25) is 6.41 Å². The van der Waals surface area contributed by atoms with Crippen molar-refractivity contribution in [2.45, 2.75) is 57.8 Å². The molecule has 24 heavy (non-hydrogen) atoms. The zero-order chi connectivity index (χ0) is 17.1. The zero-order valence-electron chi connectivity index (χ0n) is 14.4. The lowest BCUT2D eigenvalue weighted by atomic mass is 9.84. The third kappa shape index (κ3) is 2.32. The van der Waals surface area contributed by atoms with Crippen molar-refractivity contribution in [3.63, 3.8) is 0 Å². The molecule has 126 valence electrons. The first-order chi connectivity index (χ1) is 11.3. The molecule has 3 heterocycles. The number of amides is 1. The molecular weight excluding hydrogens is 307 g/mol. The number of hydrogen-bond donors (Lipinski definition) is 0. The molecular formula is C16H21BN4O3. The van der Waals surface area contributed by atoms with E-state index in [0.29, 0.717) is 11.6 Å². The predicted octanol–water partition coefficient (Wildman–Crippen LogP) is 1.15. The van der Waals surface area contributed by atoms with Crippen LogP contribution in [-0.2, 0) is 14.1 Å². The Morgan fingerprint density at radius 2 is 1.92 bits per heavy atom. The number of carbonyl (C=O) groups is 1. The normalized spacial score (nSPS) is 22.1. The fraction of sp³-hybridized carbons (Fsp3) is 0.562. The number of fused-ring (bicyclic) bond motifs is 1. The minimum absolute atomic E-state index is 0.222. The maximum absolute atomic E-state index is 11.4. The van der Waals surface area contributed by atoms with Crippen LogP contribution in [0, 0.1) is 0 Å². The van der Waals surface area contributed by atoms with Crippen LogP contribution < -0.4 is 10.5 Å². The van der Waals surface area contributed by atoms with Gasteiger partial charge in [-0.25, -0.2) is 4.52 Å². The lowest BCUT2D eigenvalue weighted by molar-refractivity contribution is -0.107. The van der Waals surface area contributed by atoms with E-state index in [4.69, 9.17) is 9.31 Å². The van der Waals surface area contributed by atoms with Gasteiger partial charge in [-0.3, -0.25) is 9.69 Å². The lowest BCUT2D eigenvalue weighted by Gasteiger charge is -2.32. The number of aromatic nitrogens is 3. The smallest absolute Gasteiger partial charge is 0.398 e. The Balaban J connectivity index is 1.74. The van der Waals surface area contributed by atoms with Crippen LogP contribution in [0.3, 0.4) is 0 Å². The molecule has 0 N–H and O–H groups in total. The summed E-state index contributed by atoms with van der Waals surface area (Å²) < 4.78 is 13.9. The standard InChI is InChI=1S/C16H21BN4O3/c1-15(2)16(3,4)24-17(23-15)12-6-5-7-13-18-14(19-21(12)13)20(10-22)11-8-9-11/h5-7,10-11H,8-9H2,1-4H3. The Bertz CT molecular complexity index is 784. The van der Waals surface area contributed by atoms with Gasteiger partial charge >= 0.3 is 7.12 Å². The van der Waals surface area contributed by atoms with Gasteiger partial charge in [0.15, 0.2) is 5.65 Å². The molecule has 2 aromatic rings. The molecule has 2 fully saturated rings. The van der Waals surface area contributed by atoms with Gasteiger partial charge in [-0.15, -0.1) is 5.10 Å². The highest BCUT2D eigenvalue weighted by atomic mass is 16.7. The molecule has 1 amide bonds. The maximum atomic E-state index is 11.4. The van der Waals surface area contributed by atoms with Crippen LogP contribution in [-0.4, -0.2) is 45.4 Å². The van der Waals surface area contributed by atoms with Crippen molar-refractivity contribution in [2.24, 2.45) is 0 Å². The molecule has 0 unspecified atom stereocenters. The Morgan fingerprint density at radius 1 is 1.25 bits per heavy atom. The van der Waals surface area contributed by atoms with E-state index in [1.54, 1.807) is 9.42 Å². The van der Waals surface area contributed by atoms with Crippen LogP contribution in [0.1, 0.15) is 40.5 Å². The van der Waals surface area contributed by atoms with Gasteiger partial charge in [-0.1, -0.05) is 6.07 Å².